The monoisotopic (exact) mass is 321 g/mol. The maximum Gasteiger partial charge on any atom is 0.255 e. The first-order chi connectivity index (χ1) is 11.0. The molecular formula is C17H17F2NO3. The van der Waals surface area contributed by atoms with Crippen LogP contribution in [0.2, 0.25) is 0 Å². The Morgan fingerprint density at radius 1 is 0.957 bits per heavy atom. The number of benzene rings is 2. The average molecular weight is 321 g/mol. The number of anilines is 1. The van der Waals surface area contributed by atoms with Gasteiger partial charge in [-0.1, -0.05) is 0 Å². The van der Waals surface area contributed by atoms with Crippen LogP contribution in [-0.2, 0) is 0 Å². The molecule has 2 aromatic rings. The second kappa shape index (κ2) is 7.58. The lowest BCUT2D eigenvalue weighted by Gasteiger charge is -2.13. The van der Waals surface area contributed by atoms with E-state index in [-0.39, 0.29) is 5.56 Å². The van der Waals surface area contributed by atoms with Crippen molar-refractivity contribution in [1.82, 2.24) is 0 Å². The molecule has 2 rings (SSSR count). The molecule has 0 aliphatic heterocycles. The third-order valence-corrected chi connectivity index (χ3v) is 2.93. The minimum Gasteiger partial charge on any atom is -0.490 e. The Hall–Kier alpha value is -2.63. The number of amides is 1. The summed E-state index contributed by atoms with van der Waals surface area (Å²) in [6.07, 6.45) is 0. The van der Waals surface area contributed by atoms with E-state index >= 15 is 0 Å². The molecule has 23 heavy (non-hydrogen) atoms. The van der Waals surface area contributed by atoms with Gasteiger partial charge >= 0.3 is 0 Å². The van der Waals surface area contributed by atoms with E-state index in [0.29, 0.717) is 36.5 Å². The largest absolute Gasteiger partial charge is 0.490 e. The summed E-state index contributed by atoms with van der Waals surface area (Å²) in [7, 11) is 0. The molecule has 0 radical (unpaired) electrons. The van der Waals surface area contributed by atoms with Gasteiger partial charge in [0.15, 0.2) is 11.5 Å². The van der Waals surface area contributed by atoms with Gasteiger partial charge in [0, 0.05) is 23.4 Å². The molecule has 0 fully saturated rings. The molecule has 0 saturated heterocycles. The van der Waals surface area contributed by atoms with Gasteiger partial charge in [0.05, 0.1) is 13.2 Å². The summed E-state index contributed by atoms with van der Waals surface area (Å²) in [4.78, 5) is 12.1. The van der Waals surface area contributed by atoms with Gasteiger partial charge in [-0.05, 0) is 38.1 Å². The third-order valence-electron chi connectivity index (χ3n) is 2.93. The molecule has 0 aliphatic rings. The predicted molar refractivity (Wildman–Crippen MR) is 83.1 cm³/mol. The summed E-state index contributed by atoms with van der Waals surface area (Å²) >= 11 is 0. The molecule has 2 aromatic carbocycles. The quantitative estimate of drug-likeness (QED) is 0.874. The lowest BCUT2D eigenvalue weighted by molar-refractivity contribution is 0.102. The normalized spacial score (nSPS) is 10.3. The Balaban J connectivity index is 2.21. The van der Waals surface area contributed by atoms with Crippen molar-refractivity contribution in [2.75, 3.05) is 18.5 Å². The van der Waals surface area contributed by atoms with Gasteiger partial charge in [-0.25, -0.2) is 8.78 Å². The molecule has 0 unspecified atom stereocenters. The highest BCUT2D eigenvalue weighted by molar-refractivity contribution is 6.04. The molecule has 0 bridgehead atoms. The van der Waals surface area contributed by atoms with Crippen molar-refractivity contribution >= 4 is 11.6 Å². The summed E-state index contributed by atoms with van der Waals surface area (Å²) in [6, 6.07) is 7.53. The van der Waals surface area contributed by atoms with E-state index in [1.54, 1.807) is 18.2 Å². The number of halogens is 2. The Kier molecular flexibility index (Phi) is 5.51. The van der Waals surface area contributed by atoms with E-state index < -0.39 is 17.5 Å². The Labute approximate surface area is 133 Å². The fourth-order valence-corrected chi connectivity index (χ4v) is 2.02. The van der Waals surface area contributed by atoms with Crippen LogP contribution >= 0.6 is 0 Å². The highest BCUT2D eigenvalue weighted by atomic mass is 19.1. The van der Waals surface area contributed by atoms with Crippen LogP contribution in [0, 0.1) is 11.6 Å². The molecule has 1 amide bonds. The second-order valence-electron chi connectivity index (χ2n) is 4.64. The molecule has 0 heterocycles. The van der Waals surface area contributed by atoms with Crippen molar-refractivity contribution in [2.24, 2.45) is 0 Å². The summed E-state index contributed by atoms with van der Waals surface area (Å²) in [5.74, 6) is -1.19. The predicted octanol–water partition coefficient (Wildman–Crippen LogP) is 4.01. The number of ether oxygens (including phenoxy) is 2. The smallest absolute Gasteiger partial charge is 0.255 e. The van der Waals surface area contributed by atoms with Crippen LogP contribution in [0.3, 0.4) is 0 Å². The average Bonchev–Trinajstić information content (AvgIpc) is 2.49. The SMILES string of the molecule is CCOc1ccc(NC(=O)c2cc(F)cc(F)c2)cc1OCC. The van der Waals surface area contributed by atoms with E-state index in [1.807, 2.05) is 13.8 Å². The molecule has 0 spiro atoms. The first-order valence-corrected chi connectivity index (χ1v) is 7.20. The van der Waals surface area contributed by atoms with Crippen molar-refractivity contribution < 1.29 is 23.0 Å². The molecule has 6 heteroatoms. The van der Waals surface area contributed by atoms with Crippen LogP contribution in [0.1, 0.15) is 24.2 Å². The van der Waals surface area contributed by atoms with Crippen LogP contribution in [0.5, 0.6) is 11.5 Å². The molecule has 0 atom stereocenters. The van der Waals surface area contributed by atoms with Gasteiger partial charge in [0.2, 0.25) is 0 Å². The van der Waals surface area contributed by atoms with E-state index in [1.165, 1.54) is 0 Å². The Bertz CT molecular complexity index is 684. The summed E-state index contributed by atoms with van der Waals surface area (Å²) in [5.41, 5.74) is 0.334. The standard InChI is InChI=1S/C17H17F2NO3/c1-3-22-15-6-5-14(10-16(15)23-4-2)20-17(21)11-7-12(18)9-13(19)8-11/h5-10H,3-4H2,1-2H3,(H,20,21). The molecule has 0 aromatic heterocycles. The molecule has 1 N–H and O–H groups in total. The highest BCUT2D eigenvalue weighted by Gasteiger charge is 2.12. The van der Waals surface area contributed by atoms with Gasteiger partial charge < -0.3 is 14.8 Å². The number of nitrogens with one attached hydrogen (secondary N) is 1. The molecule has 0 saturated carbocycles. The number of carbonyl (C=O) groups is 1. The van der Waals surface area contributed by atoms with Crippen molar-refractivity contribution in [3.8, 4) is 11.5 Å². The zero-order valence-corrected chi connectivity index (χ0v) is 12.9. The zero-order valence-electron chi connectivity index (χ0n) is 12.9. The van der Waals surface area contributed by atoms with Gasteiger partial charge in [0.25, 0.3) is 5.91 Å². The zero-order chi connectivity index (χ0) is 16.8. The fraction of sp³-hybridized carbons (Fsp3) is 0.235. The first-order valence-electron chi connectivity index (χ1n) is 7.20. The topological polar surface area (TPSA) is 47.6 Å². The number of hydrogen-bond acceptors (Lipinski definition) is 3. The van der Waals surface area contributed by atoms with Crippen LogP contribution in [0.25, 0.3) is 0 Å². The molecule has 122 valence electrons. The van der Waals surface area contributed by atoms with Gasteiger partial charge in [-0.2, -0.15) is 0 Å². The summed E-state index contributed by atoms with van der Waals surface area (Å²) in [5, 5.41) is 2.57. The van der Waals surface area contributed by atoms with Crippen molar-refractivity contribution in [2.45, 2.75) is 13.8 Å². The molecular weight excluding hydrogens is 304 g/mol. The van der Waals surface area contributed by atoms with E-state index in [9.17, 15) is 13.6 Å². The number of rotatable bonds is 6. The van der Waals surface area contributed by atoms with Crippen LogP contribution in [0.15, 0.2) is 36.4 Å². The Morgan fingerprint density at radius 2 is 1.57 bits per heavy atom. The lowest BCUT2D eigenvalue weighted by atomic mass is 10.2. The fourth-order valence-electron chi connectivity index (χ4n) is 2.02. The van der Waals surface area contributed by atoms with E-state index in [0.717, 1.165) is 12.1 Å². The number of carbonyl (C=O) groups excluding carboxylic acids is 1. The van der Waals surface area contributed by atoms with Gasteiger partial charge in [0.1, 0.15) is 11.6 Å². The molecule has 0 aliphatic carbocycles. The van der Waals surface area contributed by atoms with Crippen LogP contribution in [0.4, 0.5) is 14.5 Å². The third kappa shape index (κ3) is 4.42. The van der Waals surface area contributed by atoms with E-state index in [4.69, 9.17) is 9.47 Å². The highest BCUT2D eigenvalue weighted by Crippen LogP contribution is 2.30. The summed E-state index contributed by atoms with van der Waals surface area (Å²) < 4.78 is 37.2. The minimum absolute atomic E-state index is 0.102. The van der Waals surface area contributed by atoms with Crippen molar-refractivity contribution in [3.63, 3.8) is 0 Å². The maximum absolute atomic E-state index is 13.2. The molecule has 4 nitrogen and oxygen atoms in total. The van der Waals surface area contributed by atoms with Crippen LogP contribution in [-0.4, -0.2) is 19.1 Å². The Morgan fingerprint density at radius 3 is 2.17 bits per heavy atom. The van der Waals surface area contributed by atoms with Crippen LogP contribution < -0.4 is 14.8 Å². The van der Waals surface area contributed by atoms with E-state index in [2.05, 4.69) is 5.32 Å². The first kappa shape index (κ1) is 16.7. The van der Waals surface area contributed by atoms with Crippen molar-refractivity contribution in [1.29, 1.82) is 0 Å². The minimum atomic E-state index is -0.808. The summed E-state index contributed by atoms with van der Waals surface area (Å²) in [6.45, 7) is 4.60. The van der Waals surface area contributed by atoms with Gasteiger partial charge in [-0.3, -0.25) is 4.79 Å². The van der Waals surface area contributed by atoms with Gasteiger partial charge in [-0.15, -0.1) is 0 Å². The maximum atomic E-state index is 13.2. The second-order valence-corrected chi connectivity index (χ2v) is 4.64. The number of hydrogen-bond donors (Lipinski definition) is 1. The lowest BCUT2D eigenvalue weighted by Crippen LogP contribution is -2.12. The van der Waals surface area contributed by atoms with Crippen molar-refractivity contribution in [3.05, 3.63) is 53.6 Å².